The minimum absolute atomic E-state index is 0.0179. The predicted octanol–water partition coefficient (Wildman–Crippen LogP) is 2.01. The molecule has 0 saturated carbocycles. The third-order valence-electron chi connectivity index (χ3n) is 5.16. The molecule has 1 amide bonds. The fraction of sp³-hybridized carbons (Fsp3) is 0.474. The maximum absolute atomic E-state index is 12.5. The van der Waals surface area contributed by atoms with Gasteiger partial charge in [-0.05, 0) is 37.0 Å². The molecule has 3 rings (SSSR count). The predicted molar refractivity (Wildman–Crippen MR) is 100 cm³/mol. The second kappa shape index (κ2) is 7.87. The molecule has 0 fully saturated rings. The van der Waals surface area contributed by atoms with Gasteiger partial charge in [-0.25, -0.2) is 0 Å². The van der Waals surface area contributed by atoms with Crippen LogP contribution in [0.15, 0.2) is 24.3 Å². The average molecular weight is 371 g/mol. The molecule has 2 aromatic rings. The van der Waals surface area contributed by atoms with Gasteiger partial charge in [0, 0.05) is 5.69 Å². The number of carbonyl (C=O) groups excluding carboxylic acids is 1. The van der Waals surface area contributed by atoms with Crippen molar-refractivity contribution < 1.29 is 14.7 Å². The lowest BCUT2D eigenvalue weighted by Gasteiger charge is -2.32. The van der Waals surface area contributed by atoms with Crippen LogP contribution in [0.25, 0.3) is 0 Å². The third kappa shape index (κ3) is 4.16. The van der Waals surface area contributed by atoms with E-state index in [0.717, 1.165) is 6.42 Å². The van der Waals surface area contributed by atoms with E-state index in [9.17, 15) is 14.7 Å². The van der Waals surface area contributed by atoms with E-state index in [1.807, 2.05) is 24.3 Å². The molecule has 2 N–H and O–H groups in total. The van der Waals surface area contributed by atoms with E-state index in [-0.39, 0.29) is 25.5 Å². The van der Waals surface area contributed by atoms with Crippen LogP contribution in [0.2, 0.25) is 0 Å². The number of aryl methyl sites for hydroxylation is 1. The SMILES string of the molecule is CCC(C)c1ccc(NC(=O)CN2Cc3nnc(C)n3CC2C(=O)O)cc1. The smallest absolute Gasteiger partial charge is 0.322 e. The van der Waals surface area contributed by atoms with Gasteiger partial charge in [0.05, 0.1) is 19.6 Å². The van der Waals surface area contributed by atoms with Crippen LogP contribution < -0.4 is 5.32 Å². The van der Waals surface area contributed by atoms with Crippen molar-refractivity contribution in [2.75, 3.05) is 11.9 Å². The fourth-order valence-electron chi connectivity index (χ4n) is 3.28. The summed E-state index contributed by atoms with van der Waals surface area (Å²) in [5, 5.41) is 20.5. The van der Waals surface area contributed by atoms with Crippen molar-refractivity contribution in [1.82, 2.24) is 19.7 Å². The monoisotopic (exact) mass is 371 g/mol. The fourth-order valence-corrected chi connectivity index (χ4v) is 3.28. The number of nitrogens with zero attached hydrogens (tertiary/aromatic N) is 4. The normalized spacial score (nSPS) is 18.0. The van der Waals surface area contributed by atoms with Crippen molar-refractivity contribution in [3.8, 4) is 0 Å². The molecule has 144 valence electrons. The molecule has 2 unspecified atom stereocenters. The molecule has 0 saturated heterocycles. The second-order valence-electron chi connectivity index (χ2n) is 7.01. The number of fused-ring (bicyclic) bond motifs is 1. The first-order valence-electron chi connectivity index (χ1n) is 9.14. The summed E-state index contributed by atoms with van der Waals surface area (Å²) >= 11 is 0. The minimum atomic E-state index is -0.959. The zero-order valence-corrected chi connectivity index (χ0v) is 15.8. The molecular formula is C19H25N5O3. The lowest BCUT2D eigenvalue weighted by atomic mass is 9.99. The molecule has 0 radical (unpaired) electrons. The molecule has 1 aliphatic heterocycles. The van der Waals surface area contributed by atoms with Crippen LogP contribution in [0, 0.1) is 6.92 Å². The van der Waals surface area contributed by atoms with Gasteiger partial charge >= 0.3 is 5.97 Å². The number of rotatable bonds is 6. The number of hydrogen-bond acceptors (Lipinski definition) is 5. The summed E-state index contributed by atoms with van der Waals surface area (Å²) in [5.41, 5.74) is 1.93. The van der Waals surface area contributed by atoms with E-state index in [4.69, 9.17) is 0 Å². The highest BCUT2D eigenvalue weighted by Gasteiger charge is 2.34. The van der Waals surface area contributed by atoms with Crippen LogP contribution in [0.5, 0.6) is 0 Å². The Morgan fingerprint density at radius 3 is 2.63 bits per heavy atom. The molecule has 8 nitrogen and oxygen atoms in total. The van der Waals surface area contributed by atoms with E-state index in [0.29, 0.717) is 23.3 Å². The molecule has 0 bridgehead atoms. The lowest BCUT2D eigenvalue weighted by molar-refractivity contribution is -0.145. The van der Waals surface area contributed by atoms with Crippen LogP contribution in [-0.2, 0) is 22.7 Å². The number of carboxylic acids is 1. The number of aliphatic carboxylic acids is 1. The quantitative estimate of drug-likeness (QED) is 0.806. The van der Waals surface area contributed by atoms with Crippen molar-refractivity contribution in [3.05, 3.63) is 41.5 Å². The molecule has 0 spiro atoms. The van der Waals surface area contributed by atoms with Gasteiger partial charge in [0.15, 0.2) is 0 Å². The maximum Gasteiger partial charge on any atom is 0.322 e. The summed E-state index contributed by atoms with van der Waals surface area (Å²) < 4.78 is 1.79. The Hall–Kier alpha value is -2.74. The zero-order chi connectivity index (χ0) is 19.6. The number of carboxylic acid groups (broad SMARTS) is 1. The number of anilines is 1. The van der Waals surface area contributed by atoms with E-state index in [2.05, 4.69) is 29.4 Å². The number of benzene rings is 1. The number of aromatic nitrogens is 3. The van der Waals surface area contributed by atoms with E-state index >= 15 is 0 Å². The van der Waals surface area contributed by atoms with Gasteiger partial charge in [-0.15, -0.1) is 10.2 Å². The average Bonchev–Trinajstić information content (AvgIpc) is 3.01. The third-order valence-corrected chi connectivity index (χ3v) is 5.16. The Kier molecular flexibility index (Phi) is 5.55. The molecule has 2 heterocycles. The van der Waals surface area contributed by atoms with Crippen LogP contribution in [-0.4, -0.2) is 49.2 Å². The summed E-state index contributed by atoms with van der Waals surface area (Å²) in [4.78, 5) is 25.7. The first-order valence-corrected chi connectivity index (χ1v) is 9.14. The molecule has 1 aromatic carbocycles. The summed E-state index contributed by atoms with van der Waals surface area (Å²) in [6.45, 7) is 6.59. The van der Waals surface area contributed by atoms with Gasteiger partial charge in [0.2, 0.25) is 5.91 Å². The van der Waals surface area contributed by atoms with Crippen LogP contribution in [0.1, 0.15) is 43.4 Å². The molecule has 27 heavy (non-hydrogen) atoms. The van der Waals surface area contributed by atoms with Crippen molar-refractivity contribution in [2.24, 2.45) is 0 Å². The van der Waals surface area contributed by atoms with E-state index < -0.39 is 12.0 Å². The number of amides is 1. The Morgan fingerprint density at radius 2 is 2.00 bits per heavy atom. The topological polar surface area (TPSA) is 100 Å². The van der Waals surface area contributed by atoms with E-state index in [1.165, 1.54) is 5.56 Å². The van der Waals surface area contributed by atoms with Crippen LogP contribution in [0.3, 0.4) is 0 Å². The van der Waals surface area contributed by atoms with Crippen molar-refractivity contribution in [1.29, 1.82) is 0 Å². The van der Waals surface area contributed by atoms with Gasteiger partial charge in [-0.3, -0.25) is 14.5 Å². The van der Waals surface area contributed by atoms with Crippen LogP contribution in [0.4, 0.5) is 5.69 Å². The molecule has 2 atom stereocenters. The summed E-state index contributed by atoms with van der Waals surface area (Å²) in [5.74, 6) is 0.624. The lowest BCUT2D eigenvalue weighted by Crippen LogP contribution is -2.50. The molecular weight excluding hydrogens is 346 g/mol. The zero-order valence-electron chi connectivity index (χ0n) is 15.8. The molecule has 0 aliphatic carbocycles. The number of hydrogen-bond donors (Lipinski definition) is 2. The van der Waals surface area contributed by atoms with Gasteiger partial charge in [-0.2, -0.15) is 0 Å². The first-order chi connectivity index (χ1) is 12.9. The Labute approximate surface area is 158 Å². The standard InChI is InChI=1S/C19H25N5O3/c1-4-12(2)14-5-7-15(8-6-14)20-18(25)11-23-10-17-22-21-13(3)24(17)9-16(23)19(26)27/h5-8,12,16H,4,9-11H2,1-3H3,(H,20,25)(H,26,27). The maximum atomic E-state index is 12.5. The van der Waals surface area contributed by atoms with Crippen LogP contribution >= 0.6 is 0 Å². The second-order valence-corrected chi connectivity index (χ2v) is 7.01. The minimum Gasteiger partial charge on any atom is -0.480 e. The summed E-state index contributed by atoms with van der Waals surface area (Å²) in [6, 6.07) is 6.99. The van der Waals surface area contributed by atoms with Gasteiger partial charge in [0.25, 0.3) is 0 Å². The van der Waals surface area contributed by atoms with E-state index in [1.54, 1.807) is 16.4 Å². The first kappa shape index (κ1) is 19.0. The largest absolute Gasteiger partial charge is 0.480 e. The van der Waals surface area contributed by atoms with Gasteiger partial charge in [-0.1, -0.05) is 26.0 Å². The highest BCUT2D eigenvalue weighted by molar-refractivity contribution is 5.92. The van der Waals surface area contributed by atoms with Gasteiger partial charge < -0.3 is 15.0 Å². The van der Waals surface area contributed by atoms with Crippen molar-refractivity contribution in [2.45, 2.75) is 52.2 Å². The highest BCUT2D eigenvalue weighted by atomic mass is 16.4. The molecule has 1 aromatic heterocycles. The summed E-state index contributed by atoms with van der Waals surface area (Å²) in [7, 11) is 0. The number of nitrogens with one attached hydrogen (secondary N) is 1. The molecule has 1 aliphatic rings. The highest BCUT2D eigenvalue weighted by Crippen LogP contribution is 2.21. The number of carbonyl (C=O) groups is 2. The summed E-state index contributed by atoms with van der Waals surface area (Å²) in [6.07, 6.45) is 1.06. The molecule has 8 heteroatoms. The Morgan fingerprint density at radius 1 is 1.30 bits per heavy atom. The Balaban J connectivity index is 1.66. The van der Waals surface area contributed by atoms with Crippen molar-refractivity contribution in [3.63, 3.8) is 0 Å². The Bertz CT molecular complexity index is 830. The van der Waals surface area contributed by atoms with Crippen molar-refractivity contribution >= 4 is 17.6 Å². The van der Waals surface area contributed by atoms with Gasteiger partial charge in [0.1, 0.15) is 17.7 Å².